The van der Waals surface area contributed by atoms with E-state index in [4.69, 9.17) is 4.43 Å². The molecule has 6 heteroatoms. The number of amides is 1. The quantitative estimate of drug-likeness (QED) is 0.411. The molecule has 0 spiro atoms. The van der Waals surface area contributed by atoms with Gasteiger partial charge in [0.1, 0.15) is 0 Å². The van der Waals surface area contributed by atoms with Gasteiger partial charge in [0.25, 0.3) is 0 Å². The number of nitrogens with one attached hydrogen (secondary N) is 1. The minimum absolute atomic E-state index is 0.0172. The van der Waals surface area contributed by atoms with Gasteiger partial charge in [0.15, 0.2) is 9.04 Å². The molecule has 0 aromatic carbocycles. The van der Waals surface area contributed by atoms with Crippen LogP contribution in [0, 0.1) is 17.3 Å². The molecule has 118 valence electrons. The minimum atomic E-state index is -1.09. The fourth-order valence-electron chi connectivity index (χ4n) is 2.67. The lowest BCUT2D eigenvalue weighted by molar-refractivity contribution is -0.143. The molecule has 1 saturated heterocycles. The largest absolute Gasteiger partial charge is 0.420 e. The summed E-state index contributed by atoms with van der Waals surface area (Å²) in [6, 6.07) is 0.0664. The van der Waals surface area contributed by atoms with Crippen molar-refractivity contribution < 1.29 is 14.3 Å². The van der Waals surface area contributed by atoms with E-state index in [1.807, 2.05) is 0 Å². The van der Waals surface area contributed by atoms with Crippen molar-refractivity contribution in [1.29, 1.82) is 0 Å². The number of hydrogen-bond acceptors (Lipinski definition) is 3. The molecule has 4 atom stereocenters. The Bertz CT molecular complexity index is 333. The maximum absolute atomic E-state index is 12.0. The van der Waals surface area contributed by atoms with E-state index in [1.165, 1.54) is 0 Å². The zero-order chi connectivity index (χ0) is 15.5. The Hall–Kier alpha value is 0.0869. The van der Waals surface area contributed by atoms with Crippen molar-refractivity contribution in [1.82, 2.24) is 5.32 Å². The van der Waals surface area contributed by atoms with Crippen LogP contribution in [0.3, 0.4) is 0 Å². The Morgan fingerprint density at radius 2 is 2.05 bits per heavy atom. The highest BCUT2D eigenvalue weighted by molar-refractivity contribution is 9.09. The lowest BCUT2D eigenvalue weighted by atomic mass is 9.67. The molecule has 1 aliphatic heterocycles. The van der Waals surface area contributed by atoms with Crippen LogP contribution in [0.25, 0.3) is 0 Å². The third-order valence-electron chi connectivity index (χ3n) is 3.92. The molecule has 20 heavy (non-hydrogen) atoms. The van der Waals surface area contributed by atoms with Crippen molar-refractivity contribution in [3.63, 3.8) is 0 Å². The van der Waals surface area contributed by atoms with E-state index in [0.29, 0.717) is 18.4 Å². The van der Waals surface area contributed by atoms with Crippen molar-refractivity contribution >= 4 is 30.9 Å². The number of halogens is 1. The van der Waals surface area contributed by atoms with Crippen LogP contribution < -0.4 is 5.32 Å². The van der Waals surface area contributed by atoms with Gasteiger partial charge in [-0.25, -0.2) is 0 Å². The van der Waals surface area contributed by atoms with Crippen molar-refractivity contribution in [2.45, 2.75) is 52.4 Å². The van der Waals surface area contributed by atoms with Gasteiger partial charge < -0.3 is 14.8 Å². The van der Waals surface area contributed by atoms with Gasteiger partial charge in [-0.3, -0.25) is 4.79 Å². The monoisotopic (exact) mass is 365 g/mol. The zero-order valence-corrected chi connectivity index (χ0v) is 15.9. The van der Waals surface area contributed by atoms with Gasteiger partial charge in [0, 0.05) is 18.0 Å². The highest BCUT2D eigenvalue weighted by atomic mass is 79.9. The van der Waals surface area contributed by atoms with Gasteiger partial charge in [-0.2, -0.15) is 0 Å². The highest BCUT2D eigenvalue weighted by Gasteiger charge is 2.48. The van der Waals surface area contributed by atoms with Crippen LogP contribution in [0.1, 0.15) is 27.2 Å². The first kappa shape index (κ1) is 18.1. The van der Waals surface area contributed by atoms with Crippen LogP contribution >= 0.6 is 15.9 Å². The van der Waals surface area contributed by atoms with Gasteiger partial charge in [-0.15, -0.1) is 0 Å². The summed E-state index contributed by atoms with van der Waals surface area (Å²) in [6.45, 7) is 11.4. The maximum Gasteiger partial charge on any atom is 0.225 e. The van der Waals surface area contributed by atoms with Crippen molar-refractivity contribution in [3.8, 4) is 0 Å². The van der Waals surface area contributed by atoms with Gasteiger partial charge in [0.2, 0.25) is 5.91 Å². The average molecular weight is 366 g/mol. The SMILES string of the molecule is C[SiH](C)OC[C@H]([C@@H]1C(=O)N[C@@H]1CC(O)CBr)C(C)(C)C. The molecule has 4 nitrogen and oxygen atoms in total. The van der Waals surface area contributed by atoms with Crippen molar-refractivity contribution in [2.24, 2.45) is 17.3 Å². The predicted molar refractivity (Wildman–Crippen MR) is 87.6 cm³/mol. The van der Waals surface area contributed by atoms with E-state index in [-0.39, 0.29) is 29.2 Å². The molecule has 0 bridgehead atoms. The Balaban J connectivity index is 2.75. The summed E-state index contributed by atoms with van der Waals surface area (Å²) >= 11 is 3.28. The van der Waals surface area contributed by atoms with Crippen LogP contribution in [0.5, 0.6) is 0 Å². The number of β-lactam (4-membered cyclic amide) rings is 1. The topological polar surface area (TPSA) is 58.6 Å². The van der Waals surface area contributed by atoms with Gasteiger partial charge in [-0.05, 0) is 30.8 Å². The summed E-state index contributed by atoms with van der Waals surface area (Å²) in [4.78, 5) is 12.0. The molecule has 1 aliphatic rings. The summed E-state index contributed by atoms with van der Waals surface area (Å²) in [5.74, 6) is 0.251. The first-order valence-electron chi connectivity index (χ1n) is 7.32. The van der Waals surface area contributed by atoms with Crippen LogP contribution in [-0.2, 0) is 9.22 Å². The summed E-state index contributed by atoms with van der Waals surface area (Å²) in [7, 11) is -1.09. The molecule has 0 radical (unpaired) electrons. The second-order valence-electron chi connectivity index (χ2n) is 7.04. The van der Waals surface area contributed by atoms with Crippen molar-refractivity contribution in [2.75, 3.05) is 11.9 Å². The Morgan fingerprint density at radius 1 is 1.45 bits per heavy atom. The Morgan fingerprint density at radius 3 is 2.45 bits per heavy atom. The van der Waals surface area contributed by atoms with Crippen LogP contribution in [-0.4, -0.2) is 44.1 Å². The standard InChI is InChI=1S/C14H28BrNO3Si/c1-14(2,3)10(8-19-20(4)5)12-11(16-13(12)18)6-9(17)7-15/h9-12,17,20H,6-8H2,1-5H3,(H,16,18)/t9?,10-,11-,12+/m1/s1. The molecule has 0 aromatic rings. The molecule has 2 N–H and O–H groups in total. The molecular weight excluding hydrogens is 338 g/mol. The average Bonchev–Trinajstić information content (AvgIpc) is 2.31. The number of aliphatic hydroxyl groups is 1. The Kier molecular flexibility index (Phi) is 6.69. The molecule has 1 rings (SSSR count). The molecule has 0 saturated carbocycles. The molecule has 1 fully saturated rings. The first-order chi connectivity index (χ1) is 9.16. The lowest BCUT2D eigenvalue weighted by Crippen LogP contribution is -2.64. The smallest absolute Gasteiger partial charge is 0.225 e. The highest BCUT2D eigenvalue weighted by Crippen LogP contribution is 2.39. The van der Waals surface area contributed by atoms with Crippen LogP contribution in [0.4, 0.5) is 0 Å². The molecule has 1 heterocycles. The number of aliphatic hydroxyl groups excluding tert-OH is 1. The molecule has 1 unspecified atom stereocenters. The van der Waals surface area contributed by atoms with Crippen LogP contribution in [0.2, 0.25) is 13.1 Å². The van der Waals surface area contributed by atoms with Gasteiger partial charge in [0.05, 0.1) is 12.0 Å². The summed E-state index contributed by atoms with van der Waals surface area (Å²) in [5.41, 5.74) is 0.0172. The van der Waals surface area contributed by atoms with E-state index in [2.05, 4.69) is 55.1 Å². The van der Waals surface area contributed by atoms with Gasteiger partial charge in [-0.1, -0.05) is 36.7 Å². The summed E-state index contributed by atoms with van der Waals surface area (Å²) < 4.78 is 5.90. The third-order valence-corrected chi connectivity index (χ3v) is 5.53. The van der Waals surface area contributed by atoms with E-state index in [0.717, 1.165) is 0 Å². The van der Waals surface area contributed by atoms with E-state index >= 15 is 0 Å². The first-order valence-corrected chi connectivity index (χ1v) is 11.2. The second-order valence-corrected chi connectivity index (χ2v) is 10.1. The Labute approximate surface area is 132 Å². The van der Waals surface area contributed by atoms with E-state index < -0.39 is 15.1 Å². The van der Waals surface area contributed by atoms with Crippen molar-refractivity contribution in [3.05, 3.63) is 0 Å². The summed E-state index contributed by atoms with van der Waals surface area (Å²) in [6.07, 6.45) is 0.192. The molecule has 1 amide bonds. The van der Waals surface area contributed by atoms with Gasteiger partial charge >= 0.3 is 0 Å². The fraction of sp³-hybridized carbons (Fsp3) is 0.929. The number of hydrogen-bond donors (Lipinski definition) is 2. The number of alkyl halides is 1. The maximum atomic E-state index is 12.0. The zero-order valence-electron chi connectivity index (χ0n) is 13.1. The molecule has 0 aromatic heterocycles. The van der Waals surface area contributed by atoms with E-state index in [1.54, 1.807) is 0 Å². The normalized spacial score (nSPS) is 26.1. The minimum Gasteiger partial charge on any atom is -0.420 e. The third kappa shape index (κ3) is 4.82. The lowest BCUT2D eigenvalue weighted by Gasteiger charge is -2.47. The molecular formula is C14H28BrNO3Si. The van der Waals surface area contributed by atoms with Crippen LogP contribution in [0.15, 0.2) is 0 Å². The predicted octanol–water partition coefficient (Wildman–Crippen LogP) is 1.91. The fourth-order valence-corrected chi connectivity index (χ4v) is 3.53. The number of carbonyl (C=O) groups is 1. The summed E-state index contributed by atoms with van der Waals surface area (Å²) in [5, 5.41) is 13.3. The number of rotatable bonds is 7. The second kappa shape index (κ2) is 7.38. The number of carbonyl (C=O) groups excluding carboxylic acids is 1. The van der Waals surface area contributed by atoms with E-state index in [9.17, 15) is 9.90 Å². The molecule has 0 aliphatic carbocycles.